The minimum atomic E-state index is -1.24. The zero-order valence-corrected chi connectivity index (χ0v) is 17.2. The Balaban J connectivity index is 1.41. The van der Waals surface area contributed by atoms with E-state index in [9.17, 15) is 9.59 Å². The van der Waals surface area contributed by atoms with Crippen LogP contribution in [0.3, 0.4) is 0 Å². The number of nitrogens with zero attached hydrogens (tertiary/aromatic N) is 1. The Hall–Kier alpha value is -3.53. The van der Waals surface area contributed by atoms with E-state index in [-0.39, 0.29) is 11.9 Å². The number of fused-ring (bicyclic) bond motifs is 1. The highest BCUT2D eigenvalue weighted by atomic mass is 32.1. The van der Waals surface area contributed by atoms with Crippen LogP contribution in [0, 0.1) is 0 Å². The minimum Gasteiger partial charge on any atom is -0.497 e. The molecule has 0 bridgehead atoms. The molecule has 0 aromatic heterocycles. The van der Waals surface area contributed by atoms with Gasteiger partial charge in [0.1, 0.15) is 11.3 Å². The van der Waals surface area contributed by atoms with Crippen molar-refractivity contribution in [1.82, 2.24) is 21.1 Å². The smallest absolute Gasteiger partial charge is 0.344 e. The first-order valence-corrected chi connectivity index (χ1v) is 9.56. The lowest BCUT2D eigenvalue weighted by atomic mass is 9.92. The topological polar surface area (TPSA) is 101 Å². The zero-order chi connectivity index (χ0) is 21.3. The molecule has 2 aromatic carbocycles. The first-order valence-electron chi connectivity index (χ1n) is 9.15. The third kappa shape index (κ3) is 3.57. The van der Waals surface area contributed by atoms with Crippen LogP contribution in [0.5, 0.6) is 17.2 Å². The normalized spacial score (nSPS) is 19.5. The van der Waals surface area contributed by atoms with E-state index in [1.54, 1.807) is 31.2 Å². The van der Waals surface area contributed by atoms with Crippen molar-refractivity contribution in [3.8, 4) is 17.2 Å². The number of imide groups is 1. The third-order valence-corrected chi connectivity index (χ3v) is 5.18. The zero-order valence-electron chi connectivity index (χ0n) is 16.4. The van der Waals surface area contributed by atoms with Gasteiger partial charge in [-0.1, -0.05) is 18.2 Å². The summed E-state index contributed by atoms with van der Waals surface area (Å²) in [7, 11) is 1.54. The molecule has 4 rings (SSSR count). The average Bonchev–Trinajstić information content (AvgIpc) is 3.30. The van der Waals surface area contributed by atoms with Crippen LogP contribution in [0.2, 0.25) is 0 Å². The first kappa shape index (κ1) is 19.8. The van der Waals surface area contributed by atoms with Gasteiger partial charge in [0.15, 0.2) is 16.6 Å². The summed E-state index contributed by atoms with van der Waals surface area (Å²) in [5.74, 6) is 1.46. The van der Waals surface area contributed by atoms with E-state index in [2.05, 4.69) is 16.1 Å². The standard InChI is InChI=1S/C20H20N4O5S/c1-20(13-4-3-5-14(9-13)27-2)17(25)24(19(26)22-20)23-18(30)21-10-12-6-7-15-16(8-12)29-11-28-15/h3-9H,10-11H2,1-2H3,(H,22,26)(H2,21,23,30)/t20-/m0/s1. The molecule has 3 N–H and O–H groups in total. The predicted molar refractivity (Wildman–Crippen MR) is 111 cm³/mol. The number of carbonyl (C=O) groups excluding carboxylic acids is 2. The van der Waals surface area contributed by atoms with Crippen LogP contribution in [-0.2, 0) is 16.9 Å². The molecule has 1 atom stereocenters. The van der Waals surface area contributed by atoms with Crippen LogP contribution in [0.4, 0.5) is 4.79 Å². The predicted octanol–water partition coefficient (Wildman–Crippen LogP) is 1.77. The Bertz CT molecular complexity index is 1030. The fourth-order valence-corrected chi connectivity index (χ4v) is 3.41. The number of carbonyl (C=O) groups is 2. The lowest BCUT2D eigenvalue weighted by Crippen LogP contribution is -2.51. The van der Waals surface area contributed by atoms with Crippen molar-refractivity contribution in [1.29, 1.82) is 0 Å². The van der Waals surface area contributed by atoms with Crippen molar-refractivity contribution in [3.63, 3.8) is 0 Å². The van der Waals surface area contributed by atoms with Gasteiger partial charge in [-0.05, 0) is 54.5 Å². The molecule has 1 fully saturated rings. The maximum absolute atomic E-state index is 13.0. The second-order valence-electron chi connectivity index (χ2n) is 6.91. The second-order valence-corrected chi connectivity index (χ2v) is 7.32. The van der Waals surface area contributed by atoms with Crippen LogP contribution in [0.25, 0.3) is 0 Å². The number of benzene rings is 2. The number of urea groups is 1. The molecule has 2 aliphatic heterocycles. The van der Waals surface area contributed by atoms with Gasteiger partial charge in [-0.2, -0.15) is 5.01 Å². The monoisotopic (exact) mass is 428 g/mol. The van der Waals surface area contributed by atoms with Crippen molar-refractivity contribution in [3.05, 3.63) is 53.6 Å². The summed E-state index contributed by atoms with van der Waals surface area (Å²) in [6, 6.07) is 11.9. The molecule has 0 unspecified atom stereocenters. The number of nitrogens with one attached hydrogen (secondary N) is 3. The number of hydrogen-bond acceptors (Lipinski definition) is 6. The Morgan fingerprint density at radius 2 is 2.03 bits per heavy atom. The molecule has 30 heavy (non-hydrogen) atoms. The minimum absolute atomic E-state index is 0.131. The van der Waals surface area contributed by atoms with Gasteiger partial charge in [0.2, 0.25) is 6.79 Å². The van der Waals surface area contributed by atoms with E-state index in [0.29, 0.717) is 29.4 Å². The van der Waals surface area contributed by atoms with Crippen molar-refractivity contribution in [2.75, 3.05) is 13.9 Å². The molecule has 2 heterocycles. The maximum Gasteiger partial charge on any atom is 0.344 e. The fourth-order valence-electron chi connectivity index (χ4n) is 3.24. The van der Waals surface area contributed by atoms with E-state index in [0.717, 1.165) is 10.6 Å². The molecule has 156 valence electrons. The Morgan fingerprint density at radius 1 is 1.23 bits per heavy atom. The molecule has 0 spiro atoms. The Kier molecular flexibility index (Phi) is 5.08. The summed E-state index contributed by atoms with van der Waals surface area (Å²) >= 11 is 5.25. The molecule has 2 aliphatic rings. The molecule has 2 aromatic rings. The van der Waals surface area contributed by atoms with Gasteiger partial charge in [-0.3, -0.25) is 10.2 Å². The van der Waals surface area contributed by atoms with E-state index in [4.69, 9.17) is 26.4 Å². The highest BCUT2D eigenvalue weighted by Gasteiger charge is 2.50. The van der Waals surface area contributed by atoms with Crippen LogP contribution in [0.1, 0.15) is 18.1 Å². The lowest BCUT2D eigenvalue weighted by Gasteiger charge is -2.23. The molecule has 0 radical (unpaired) electrons. The maximum atomic E-state index is 13.0. The van der Waals surface area contributed by atoms with Crippen LogP contribution in [0.15, 0.2) is 42.5 Å². The molecule has 1 saturated heterocycles. The van der Waals surface area contributed by atoms with Crippen LogP contribution >= 0.6 is 12.2 Å². The highest BCUT2D eigenvalue weighted by Crippen LogP contribution is 2.32. The number of methoxy groups -OCH3 is 1. The highest BCUT2D eigenvalue weighted by molar-refractivity contribution is 7.80. The molecule has 9 nitrogen and oxygen atoms in total. The van der Waals surface area contributed by atoms with E-state index in [1.165, 1.54) is 7.11 Å². The van der Waals surface area contributed by atoms with Gasteiger partial charge in [0, 0.05) is 6.54 Å². The molecule has 10 heteroatoms. The van der Waals surface area contributed by atoms with Gasteiger partial charge in [0.05, 0.1) is 7.11 Å². The van der Waals surface area contributed by atoms with Crippen LogP contribution < -0.4 is 30.3 Å². The van der Waals surface area contributed by atoms with Gasteiger partial charge < -0.3 is 24.8 Å². The van der Waals surface area contributed by atoms with Crippen molar-refractivity contribution in [2.45, 2.75) is 19.0 Å². The lowest BCUT2D eigenvalue weighted by molar-refractivity contribution is -0.132. The molecular weight excluding hydrogens is 408 g/mol. The fraction of sp³-hybridized carbons (Fsp3) is 0.250. The van der Waals surface area contributed by atoms with Crippen molar-refractivity contribution in [2.24, 2.45) is 0 Å². The number of amides is 3. The molecule has 0 saturated carbocycles. The summed E-state index contributed by atoms with van der Waals surface area (Å²) in [6.45, 7) is 2.20. The number of rotatable bonds is 5. The SMILES string of the molecule is COc1cccc([C@]2(C)NC(=O)N(NC(=S)NCc3ccc4c(c3)OCO4)C2=O)c1. The van der Waals surface area contributed by atoms with E-state index < -0.39 is 17.5 Å². The second kappa shape index (κ2) is 7.71. The van der Waals surface area contributed by atoms with Gasteiger partial charge >= 0.3 is 6.03 Å². The summed E-state index contributed by atoms with van der Waals surface area (Å²) in [4.78, 5) is 25.4. The summed E-state index contributed by atoms with van der Waals surface area (Å²) in [6.07, 6.45) is 0. The number of hydrazine groups is 1. The third-order valence-electron chi connectivity index (χ3n) is 4.94. The quantitative estimate of drug-likeness (QED) is 0.489. The van der Waals surface area contributed by atoms with Gasteiger partial charge in [0.25, 0.3) is 5.91 Å². The van der Waals surface area contributed by atoms with Gasteiger partial charge in [-0.25, -0.2) is 4.79 Å². The van der Waals surface area contributed by atoms with Crippen molar-refractivity contribution >= 4 is 29.3 Å². The largest absolute Gasteiger partial charge is 0.497 e. The molecule has 3 amide bonds. The van der Waals surface area contributed by atoms with Gasteiger partial charge in [-0.15, -0.1) is 0 Å². The first-order chi connectivity index (χ1) is 14.4. The van der Waals surface area contributed by atoms with E-state index in [1.807, 2.05) is 18.2 Å². The van der Waals surface area contributed by atoms with Crippen LogP contribution in [-0.4, -0.2) is 36.0 Å². The Morgan fingerprint density at radius 3 is 2.83 bits per heavy atom. The van der Waals surface area contributed by atoms with Crippen molar-refractivity contribution < 1.29 is 23.8 Å². The Labute approximate surface area is 178 Å². The number of hydrogen-bond donors (Lipinski definition) is 3. The summed E-state index contributed by atoms with van der Waals surface area (Å²) in [5, 5.41) is 6.68. The average molecular weight is 428 g/mol. The number of thiocarbonyl (C=S) groups is 1. The molecular formula is C20H20N4O5S. The van der Waals surface area contributed by atoms with E-state index >= 15 is 0 Å². The number of ether oxygens (including phenoxy) is 3. The summed E-state index contributed by atoms with van der Waals surface area (Å²) < 4.78 is 15.8. The summed E-state index contributed by atoms with van der Waals surface area (Å²) in [5.41, 5.74) is 2.92. The molecule has 0 aliphatic carbocycles.